The standard InChI is InChI=1S/C34H50FN5O5/c1-7-8-17-40(23(2)41)18-9-16-37-32(44)29(21-25-12-15-30(42)27(19-25)34(3,4)5)38-31(43)22-39(6)33(45)28(36)20-24-10-13-26(35)14-11-24/h10-15,19,28-29,42H,7-9,16-18,20-22,36H2,1-6H3,(H,37,44)(H,38,43). The molecule has 0 aliphatic carbocycles. The third kappa shape index (κ3) is 12.5. The summed E-state index contributed by atoms with van der Waals surface area (Å²) in [7, 11) is 1.45. The fraction of sp³-hybridized carbons (Fsp3) is 0.529. The second-order valence-electron chi connectivity index (χ2n) is 12.6. The van der Waals surface area contributed by atoms with Crippen molar-refractivity contribution in [3.8, 4) is 5.75 Å². The third-order valence-electron chi connectivity index (χ3n) is 7.53. The van der Waals surface area contributed by atoms with Crippen molar-refractivity contribution in [1.29, 1.82) is 0 Å². The van der Waals surface area contributed by atoms with Gasteiger partial charge in [-0.15, -0.1) is 0 Å². The highest BCUT2D eigenvalue weighted by Crippen LogP contribution is 2.31. The number of carbonyl (C=O) groups excluding carboxylic acids is 4. The number of phenolic OH excluding ortho intramolecular Hbond substituents is 1. The van der Waals surface area contributed by atoms with Gasteiger partial charge in [0.15, 0.2) is 0 Å². The summed E-state index contributed by atoms with van der Waals surface area (Å²) in [5.74, 6) is -1.68. The Labute approximate surface area is 266 Å². The molecule has 45 heavy (non-hydrogen) atoms. The molecule has 11 heteroatoms. The molecular formula is C34H50FN5O5. The first-order valence-electron chi connectivity index (χ1n) is 15.5. The summed E-state index contributed by atoms with van der Waals surface area (Å²) in [4.78, 5) is 54.2. The summed E-state index contributed by atoms with van der Waals surface area (Å²) < 4.78 is 13.2. The van der Waals surface area contributed by atoms with Gasteiger partial charge in [-0.25, -0.2) is 4.39 Å². The van der Waals surface area contributed by atoms with Gasteiger partial charge in [0.25, 0.3) is 0 Å². The van der Waals surface area contributed by atoms with Crippen molar-refractivity contribution >= 4 is 23.6 Å². The molecule has 0 aromatic heterocycles. The molecule has 5 N–H and O–H groups in total. The van der Waals surface area contributed by atoms with Crippen LogP contribution in [0.2, 0.25) is 0 Å². The minimum absolute atomic E-state index is 0.0158. The Morgan fingerprint density at radius 1 is 0.978 bits per heavy atom. The number of carbonyl (C=O) groups is 4. The van der Waals surface area contributed by atoms with Crippen molar-refractivity contribution in [2.75, 3.05) is 33.2 Å². The van der Waals surface area contributed by atoms with Crippen LogP contribution in [0, 0.1) is 5.82 Å². The lowest BCUT2D eigenvalue weighted by atomic mass is 9.84. The quantitative estimate of drug-likeness (QED) is 0.211. The van der Waals surface area contributed by atoms with Crippen molar-refractivity contribution in [1.82, 2.24) is 20.4 Å². The molecule has 0 bridgehead atoms. The summed E-state index contributed by atoms with van der Waals surface area (Å²) in [5, 5.41) is 16.0. The zero-order valence-corrected chi connectivity index (χ0v) is 27.5. The molecule has 0 heterocycles. The lowest BCUT2D eigenvalue weighted by Crippen LogP contribution is -2.52. The number of likely N-dealkylation sites (N-methyl/N-ethyl adjacent to an activating group) is 1. The molecule has 2 unspecified atom stereocenters. The maximum atomic E-state index is 13.4. The Balaban J connectivity index is 2.10. The van der Waals surface area contributed by atoms with Crippen LogP contribution in [0.1, 0.15) is 70.6 Å². The van der Waals surface area contributed by atoms with E-state index in [0.717, 1.165) is 18.4 Å². The van der Waals surface area contributed by atoms with Crippen LogP contribution < -0.4 is 16.4 Å². The predicted molar refractivity (Wildman–Crippen MR) is 173 cm³/mol. The van der Waals surface area contributed by atoms with E-state index in [-0.39, 0.29) is 36.5 Å². The zero-order chi connectivity index (χ0) is 33.7. The van der Waals surface area contributed by atoms with E-state index in [2.05, 4.69) is 17.6 Å². The number of nitrogens with zero attached hydrogens (tertiary/aromatic N) is 2. The van der Waals surface area contributed by atoms with E-state index in [9.17, 15) is 28.7 Å². The minimum Gasteiger partial charge on any atom is -0.508 e. The van der Waals surface area contributed by atoms with E-state index in [4.69, 9.17) is 5.73 Å². The molecule has 10 nitrogen and oxygen atoms in total. The Hall–Kier alpha value is -3.99. The van der Waals surface area contributed by atoms with E-state index in [1.54, 1.807) is 29.2 Å². The molecule has 2 aromatic carbocycles. The van der Waals surface area contributed by atoms with E-state index in [1.807, 2.05) is 26.8 Å². The second-order valence-corrected chi connectivity index (χ2v) is 12.6. The van der Waals surface area contributed by atoms with Crippen LogP contribution in [0.5, 0.6) is 5.75 Å². The molecule has 248 valence electrons. The predicted octanol–water partition coefficient (Wildman–Crippen LogP) is 3.04. The maximum absolute atomic E-state index is 13.4. The summed E-state index contributed by atoms with van der Waals surface area (Å²) in [6.45, 7) is 10.6. The van der Waals surface area contributed by atoms with Crippen molar-refractivity contribution in [2.24, 2.45) is 5.73 Å². The normalized spacial score (nSPS) is 12.6. The molecule has 2 aromatic rings. The first-order chi connectivity index (χ1) is 21.1. The van der Waals surface area contributed by atoms with Crippen molar-refractivity contribution < 1.29 is 28.7 Å². The number of nitrogens with one attached hydrogen (secondary N) is 2. The minimum atomic E-state index is -0.963. The first-order valence-corrected chi connectivity index (χ1v) is 15.5. The van der Waals surface area contributed by atoms with Crippen LogP contribution in [-0.4, -0.2) is 83.8 Å². The van der Waals surface area contributed by atoms with Crippen molar-refractivity contribution in [3.05, 3.63) is 65.0 Å². The highest BCUT2D eigenvalue weighted by molar-refractivity contribution is 5.91. The van der Waals surface area contributed by atoms with Crippen molar-refractivity contribution in [2.45, 2.75) is 84.2 Å². The van der Waals surface area contributed by atoms with Gasteiger partial charge in [0, 0.05) is 40.0 Å². The molecule has 0 aliphatic heterocycles. The van der Waals surface area contributed by atoms with E-state index in [0.29, 0.717) is 37.2 Å². The van der Waals surface area contributed by atoms with Crippen molar-refractivity contribution in [3.63, 3.8) is 0 Å². The first kappa shape index (κ1) is 37.2. The Bertz CT molecular complexity index is 1290. The molecule has 0 saturated carbocycles. The summed E-state index contributed by atoms with van der Waals surface area (Å²) in [5.41, 5.74) is 7.88. The lowest BCUT2D eigenvalue weighted by molar-refractivity contribution is -0.136. The average molecular weight is 628 g/mol. The van der Waals surface area contributed by atoms with Crippen LogP contribution in [0.15, 0.2) is 42.5 Å². The zero-order valence-electron chi connectivity index (χ0n) is 27.5. The number of amides is 4. The highest BCUT2D eigenvalue weighted by Gasteiger charge is 2.26. The molecule has 0 saturated heterocycles. The Kier molecular flexibility index (Phi) is 14.5. The maximum Gasteiger partial charge on any atom is 0.242 e. The topological polar surface area (TPSA) is 145 Å². The molecule has 2 atom stereocenters. The van der Waals surface area contributed by atoms with Crippen LogP contribution in [-0.2, 0) is 37.4 Å². The van der Waals surface area contributed by atoms with E-state index >= 15 is 0 Å². The van der Waals surface area contributed by atoms with Crippen LogP contribution in [0.25, 0.3) is 0 Å². The molecular weight excluding hydrogens is 577 g/mol. The van der Waals surface area contributed by atoms with Gasteiger partial charge < -0.3 is 31.3 Å². The summed E-state index contributed by atoms with van der Waals surface area (Å²) in [6.07, 6.45) is 2.74. The SMILES string of the molecule is CCCCN(CCCNC(=O)C(Cc1ccc(O)c(C(C)(C)C)c1)NC(=O)CN(C)C(=O)C(N)Cc1ccc(F)cc1)C(C)=O. The number of rotatable bonds is 16. The highest BCUT2D eigenvalue weighted by atomic mass is 19.1. The van der Waals surface area contributed by atoms with Gasteiger partial charge in [0.1, 0.15) is 17.6 Å². The molecule has 0 spiro atoms. The molecule has 0 fully saturated rings. The van der Waals surface area contributed by atoms with Gasteiger partial charge in [-0.1, -0.05) is 58.4 Å². The monoisotopic (exact) mass is 627 g/mol. The number of halogens is 1. The second kappa shape index (κ2) is 17.5. The molecule has 0 aliphatic rings. The summed E-state index contributed by atoms with van der Waals surface area (Å²) >= 11 is 0. The number of nitrogens with two attached hydrogens (primary N) is 1. The fourth-order valence-electron chi connectivity index (χ4n) is 4.91. The van der Waals surface area contributed by atoms with Gasteiger partial charge in [-0.3, -0.25) is 19.2 Å². The molecule has 4 amide bonds. The van der Waals surface area contributed by atoms with E-state index < -0.39 is 35.6 Å². The number of hydrogen-bond donors (Lipinski definition) is 4. The fourth-order valence-corrected chi connectivity index (χ4v) is 4.91. The number of hydrogen-bond acceptors (Lipinski definition) is 6. The van der Waals surface area contributed by atoms with Gasteiger partial charge in [0.05, 0.1) is 12.6 Å². The van der Waals surface area contributed by atoms with Gasteiger partial charge >= 0.3 is 0 Å². The Morgan fingerprint density at radius 2 is 1.60 bits per heavy atom. The third-order valence-corrected chi connectivity index (χ3v) is 7.53. The molecule has 0 radical (unpaired) electrons. The average Bonchev–Trinajstić information content (AvgIpc) is 2.97. The number of aromatic hydroxyl groups is 1. The number of benzene rings is 2. The smallest absolute Gasteiger partial charge is 0.242 e. The largest absolute Gasteiger partial charge is 0.508 e. The Morgan fingerprint density at radius 3 is 2.20 bits per heavy atom. The van der Waals surface area contributed by atoms with Crippen LogP contribution in [0.3, 0.4) is 0 Å². The summed E-state index contributed by atoms with van der Waals surface area (Å²) in [6, 6.07) is 8.89. The lowest BCUT2D eigenvalue weighted by Gasteiger charge is -2.25. The van der Waals surface area contributed by atoms with E-state index in [1.165, 1.54) is 31.0 Å². The number of unbranched alkanes of at least 4 members (excludes halogenated alkanes) is 1. The van der Waals surface area contributed by atoms with Gasteiger partial charge in [-0.2, -0.15) is 0 Å². The molecule has 2 rings (SSSR count). The number of phenols is 1. The van der Waals surface area contributed by atoms with Crippen LogP contribution >= 0.6 is 0 Å². The van der Waals surface area contributed by atoms with Crippen LogP contribution in [0.4, 0.5) is 4.39 Å². The van der Waals surface area contributed by atoms with Gasteiger partial charge in [-0.05, 0) is 59.6 Å². The van der Waals surface area contributed by atoms with Gasteiger partial charge in [0.2, 0.25) is 23.6 Å².